The van der Waals surface area contributed by atoms with Gasteiger partial charge in [0.05, 0.1) is 12.7 Å². The maximum absolute atomic E-state index is 2.32. The topological polar surface area (TPSA) is 8.81 Å². The van der Waals surface area contributed by atoms with Crippen LogP contribution in [-0.4, -0.2) is 16.2 Å². The zero-order valence-electron chi connectivity index (χ0n) is 13.1. The van der Waals surface area contributed by atoms with E-state index >= 15 is 0 Å². The standard InChI is InChI=1S/C15H29N2S/c1-14(2,3)12-18-9-8-17-11-13(10-16(17)7)15(4,5)6/h10-11H,8-9,12H2,1-7H3/q+1. The molecule has 0 unspecified atom stereocenters. The Kier molecular flexibility index (Phi) is 4.93. The molecule has 1 aromatic rings. The van der Waals surface area contributed by atoms with Crippen LogP contribution in [0.1, 0.15) is 47.1 Å². The first-order chi connectivity index (χ1) is 8.09. The molecule has 0 amide bonds. The minimum atomic E-state index is 0.238. The molecule has 0 bridgehead atoms. The first kappa shape index (κ1) is 15.6. The molecule has 0 saturated carbocycles. The van der Waals surface area contributed by atoms with Crippen molar-refractivity contribution < 1.29 is 4.68 Å². The molecule has 1 aromatic heterocycles. The summed E-state index contributed by atoms with van der Waals surface area (Å²) < 4.78 is 4.52. The predicted molar refractivity (Wildman–Crippen MR) is 81.1 cm³/mol. The molecule has 0 saturated heterocycles. The zero-order valence-corrected chi connectivity index (χ0v) is 13.9. The van der Waals surface area contributed by atoms with Gasteiger partial charge in [-0.1, -0.05) is 41.5 Å². The third-order valence-electron chi connectivity index (χ3n) is 2.89. The van der Waals surface area contributed by atoms with Crippen molar-refractivity contribution in [3.05, 3.63) is 18.0 Å². The van der Waals surface area contributed by atoms with Gasteiger partial charge in [-0.2, -0.15) is 16.4 Å². The molecule has 1 heterocycles. The second-order valence-electron chi connectivity index (χ2n) is 7.31. The quantitative estimate of drug-likeness (QED) is 0.601. The summed E-state index contributed by atoms with van der Waals surface area (Å²) >= 11 is 2.05. The molecule has 2 nitrogen and oxygen atoms in total. The number of aromatic nitrogens is 2. The van der Waals surface area contributed by atoms with Crippen molar-refractivity contribution in [1.29, 1.82) is 0 Å². The van der Waals surface area contributed by atoms with Gasteiger partial charge in [0.25, 0.3) is 0 Å². The van der Waals surface area contributed by atoms with E-state index in [0.29, 0.717) is 5.41 Å². The molecule has 0 atom stereocenters. The van der Waals surface area contributed by atoms with E-state index in [1.54, 1.807) is 0 Å². The molecule has 18 heavy (non-hydrogen) atoms. The zero-order chi connectivity index (χ0) is 14.0. The van der Waals surface area contributed by atoms with E-state index in [4.69, 9.17) is 0 Å². The molecule has 0 radical (unpaired) electrons. The van der Waals surface area contributed by atoms with Crippen LogP contribution in [0.5, 0.6) is 0 Å². The lowest BCUT2D eigenvalue weighted by atomic mass is 9.90. The summed E-state index contributed by atoms with van der Waals surface area (Å²) in [4.78, 5) is 0. The highest BCUT2D eigenvalue weighted by Gasteiger charge is 2.20. The van der Waals surface area contributed by atoms with Gasteiger partial charge in [-0.15, -0.1) is 4.68 Å². The smallest absolute Gasteiger partial charge is 0.160 e. The van der Waals surface area contributed by atoms with Gasteiger partial charge in [-0.3, -0.25) is 0 Å². The number of nitrogens with zero attached hydrogens (tertiary/aromatic N) is 2. The van der Waals surface area contributed by atoms with Crippen molar-refractivity contribution in [2.75, 3.05) is 11.5 Å². The van der Waals surface area contributed by atoms with Gasteiger partial charge in [-0.05, 0) is 16.6 Å². The Morgan fingerprint density at radius 1 is 1.17 bits per heavy atom. The third-order valence-corrected chi connectivity index (χ3v) is 4.43. The molecule has 0 N–H and O–H groups in total. The van der Waals surface area contributed by atoms with Gasteiger partial charge in [0, 0.05) is 11.3 Å². The fourth-order valence-corrected chi connectivity index (χ4v) is 2.78. The van der Waals surface area contributed by atoms with Gasteiger partial charge in [0.15, 0.2) is 13.2 Å². The van der Waals surface area contributed by atoms with Crippen molar-refractivity contribution in [3.63, 3.8) is 0 Å². The molecule has 1 rings (SSSR count). The van der Waals surface area contributed by atoms with Crippen molar-refractivity contribution in [2.24, 2.45) is 12.5 Å². The molecule has 0 spiro atoms. The summed E-state index contributed by atoms with van der Waals surface area (Å²) in [6, 6.07) is 0. The summed E-state index contributed by atoms with van der Waals surface area (Å²) in [7, 11) is 2.13. The van der Waals surface area contributed by atoms with E-state index in [1.165, 1.54) is 17.1 Å². The lowest BCUT2D eigenvalue weighted by molar-refractivity contribution is -0.753. The van der Waals surface area contributed by atoms with E-state index in [1.807, 2.05) is 11.8 Å². The van der Waals surface area contributed by atoms with Crippen molar-refractivity contribution in [1.82, 2.24) is 4.68 Å². The van der Waals surface area contributed by atoms with Crippen LogP contribution in [0.15, 0.2) is 12.4 Å². The number of thioether (sulfide) groups is 1. The van der Waals surface area contributed by atoms with Gasteiger partial charge >= 0.3 is 0 Å². The first-order valence-electron chi connectivity index (χ1n) is 6.74. The normalized spacial score (nSPS) is 13.1. The fraction of sp³-hybridized carbons (Fsp3) is 0.800. The molecule has 3 heteroatoms. The first-order valence-corrected chi connectivity index (χ1v) is 7.89. The van der Waals surface area contributed by atoms with Crippen LogP contribution < -0.4 is 4.68 Å². The lowest BCUT2D eigenvalue weighted by Gasteiger charge is -2.16. The molecular formula is C15H29N2S+. The molecule has 0 aromatic carbocycles. The van der Waals surface area contributed by atoms with Gasteiger partial charge in [0.2, 0.25) is 0 Å². The Bertz CT molecular complexity index is 380. The van der Waals surface area contributed by atoms with E-state index < -0.39 is 0 Å². The Labute approximate surface area is 117 Å². The van der Waals surface area contributed by atoms with Crippen LogP contribution >= 0.6 is 11.8 Å². The Morgan fingerprint density at radius 2 is 1.78 bits per heavy atom. The highest BCUT2D eigenvalue weighted by molar-refractivity contribution is 7.99. The molecule has 104 valence electrons. The van der Waals surface area contributed by atoms with E-state index in [-0.39, 0.29) is 5.41 Å². The number of hydrogen-bond donors (Lipinski definition) is 0. The van der Waals surface area contributed by atoms with Crippen molar-refractivity contribution in [3.8, 4) is 0 Å². The number of hydrogen-bond acceptors (Lipinski definition) is 1. The van der Waals surface area contributed by atoms with Crippen molar-refractivity contribution >= 4 is 11.8 Å². The highest BCUT2D eigenvalue weighted by Crippen LogP contribution is 2.22. The van der Waals surface area contributed by atoms with Crippen LogP contribution in [0.25, 0.3) is 0 Å². The van der Waals surface area contributed by atoms with Crippen LogP contribution in [0.4, 0.5) is 0 Å². The second-order valence-corrected chi connectivity index (χ2v) is 8.42. The Balaban J connectivity index is 2.51. The summed E-state index contributed by atoms with van der Waals surface area (Å²) in [5, 5.41) is 0. The third kappa shape index (κ3) is 5.05. The highest BCUT2D eigenvalue weighted by atomic mass is 32.2. The summed E-state index contributed by atoms with van der Waals surface area (Å²) in [6.07, 6.45) is 4.53. The molecule has 0 fully saturated rings. The summed E-state index contributed by atoms with van der Waals surface area (Å²) in [6.45, 7) is 14.8. The molecular weight excluding hydrogens is 240 g/mol. The van der Waals surface area contributed by atoms with Crippen LogP contribution in [0.3, 0.4) is 0 Å². The average Bonchev–Trinajstić information content (AvgIpc) is 2.53. The second kappa shape index (κ2) is 5.68. The SMILES string of the molecule is C[n+]1cc(C(C)(C)C)cn1CCSCC(C)(C)C. The van der Waals surface area contributed by atoms with E-state index in [9.17, 15) is 0 Å². The van der Waals surface area contributed by atoms with Crippen LogP contribution in [0, 0.1) is 5.41 Å². The monoisotopic (exact) mass is 269 g/mol. The summed E-state index contributed by atoms with van der Waals surface area (Å²) in [5.74, 6) is 2.41. The lowest BCUT2D eigenvalue weighted by Crippen LogP contribution is -2.38. The molecule has 0 aliphatic rings. The van der Waals surface area contributed by atoms with Gasteiger partial charge in [-0.25, -0.2) is 0 Å². The Morgan fingerprint density at radius 3 is 2.22 bits per heavy atom. The maximum atomic E-state index is 2.32. The van der Waals surface area contributed by atoms with E-state index in [0.717, 1.165) is 6.54 Å². The molecule has 0 aliphatic carbocycles. The largest absolute Gasteiger partial charge is 0.199 e. The maximum Gasteiger partial charge on any atom is 0.199 e. The van der Waals surface area contributed by atoms with Gasteiger partial charge < -0.3 is 0 Å². The van der Waals surface area contributed by atoms with Gasteiger partial charge in [0.1, 0.15) is 0 Å². The van der Waals surface area contributed by atoms with Crippen molar-refractivity contribution in [2.45, 2.75) is 53.5 Å². The minimum Gasteiger partial charge on any atom is -0.160 e. The predicted octanol–water partition coefficient (Wildman–Crippen LogP) is 3.39. The molecule has 0 aliphatic heterocycles. The Hall–Kier alpha value is -0.440. The number of rotatable bonds is 4. The van der Waals surface area contributed by atoms with E-state index in [2.05, 4.69) is 70.3 Å². The fourth-order valence-electron chi connectivity index (χ4n) is 1.71. The summed E-state index contributed by atoms with van der Waals surface area (Å²) in [5.41, 5.74) is 2.08. The minimum absolute atomic E-state index is 0.238. The average molecular weight is 269 g/mol. The van der Waals surface area contributed by atoms with Crippen LogP contribution in [0.2, 0.25) is 0 Å². The number of aryl methyl sites for hydroxylation is 2. The van der Waals surface area contributed by atoms with Crippen LogP contribution in [-0.2, 0) is 19.0 Å².